The predicted molar refractivity (Wildman–Crippen MR) is 102 cm³/mol. The van der Waals surface area contributed by atoms with E-state index in [0.717, 1.165) is 16.8 Å². The van der Waals surface area contributed by atoms with E-state index in [0.29, 0.717) is 41.2 Å². The Morgan fingerprint density at radius 1 is 1.14 bits per heavy atom. The number of halogens is 1. The number of fused-ring (bicyclic) bond motifs is 1. The first-order valence-electron chi connectivity index (χ1n) is 8.88. The van der Waals surface area contributed by atoms with E-state index in [1.807, 2.05) is 43.3 Å². The lowest BCUT2D eigenvalue weighted by molar-refractivity contribution is -0.117. The molecule has 0 spiro atoms. The van der Waals surface area contributed by atoms with Gasteiger partial charge >= 0.3 is 0 Å². The summed E-state index contributed by atoms with van der Waals surface area (Å²) in [5.74, 6) is 2.10. The average molecular weight is 398 g/mol. The van der Waals surface area contributed by atoms with Gasteiger partial charge in [-0.1, -0.05) is 22.8 Å². The molecule has 1 unspecified atom stereocenters. The summed E-state index contributed by atoms with van der Waals surface area (Å²) in [6, 6.07) is 11.1. The highest BCUT2D eigenvalue weighted by molar-refractivity contribution is 6.31. The first-order chi connectivity index (χ1) is 13.6. The third kappa shape index (κ3) is 2.88. The Morgan fingerprint density at radius 2 is 2.00 bits per heavy atom. The predicted octanol–water partition coefficient (Wildman–Crippen LogP) is 3.95. The Balaban J connectivity index is 1.37. The van der Waals surface area contributed by atoms with Crippen LogP contribution in [0.3, 0.4) is 0 Å². The Morgan fingerprint density at radius 3 is 2.86 bits per heavy atom. The van der Waals surface area contributed by atoms with Crippen LogP contribution in [0.1, 0.15) is 23.8 Å². The minimum Gasteiger partial charge on any atom is -0.454 e. The van der Waals surface area contributed by atoms with E-state index in [1.54, 1.807) is 4.90 Å². The summed E-state index contributed by atoms with van der Waals surface area (Å²) in [5.41, 5.74) is 2.52. The second-order valence-corrected chi connectivity index (χ2v) is 7.27. The molecule has 142 valence electrons. The monoisotopic (exact) mass is 397 g/mol. The highest BCUT2D eigenvalue weighted by atomic mass is 35.5. The van der Waals surface area contributed by atoms with Crippen LogP contribution in [-0.2, 0) is 4.79 Å². The van der Waals surface area contributed by atoms with Crippen molar-refractivity contribution < 1.29 is 18.8 Å². The molecule has 1 saturated heterocycles. The van der Waals surface area contributed by atoms with Crippen molar-refractivity contribution in [2.75, 3.05) is 18.2 Å². The number of hydrogen-bond donors (Lipinski definition) is 0. The van der Waals surface area contributed by atoms with E-state index in [-0.39, 0.29) is 18.6 Å². The minimum absolute atomic E-state index is 0.00718. The summed E-state index contributed by atoms with van der Waals surface area (Å²) in [7, 11) is 0. The molecule has 1 atom stereocenters. The third-order valence-corrected chi connectivity index (χ3v) is 5.42. The van der Waals surface area contributed by atoms with Gasteiger partial charge in [-0.05, 0) is 42.8 Å². The minimum atomic E-state index is -0.164. The van der Waals surface area contributed by atoms with Crippen LogP contribution in [0.2, 0.25) is 5.02 Å². The van der Waals surface area contributed by atoms with E-state index < -0.39 is 0 Å². The van der Waals surface area contributed by atoms with Crippen molar-refractivity contribution in [1.82, 2.24) is 10.1 Å². The number of anilines is 1. The summed E-state index contributed by atoms with van der Waals surface area (Å²) >= 11 is 6.21. The number of benzene rings is 2. The Kier molecular flexibility index (Phi) is 3.98. The number of aromatic nitrogens is 2. The number of nitrogens with zero attached hydrogens (tertiary/aromatic N) is 3. The van der Waals surface area contributed by atoms with E-state index >= 15 is 0 Å². The van der Waals surface area contributed by atoms with E-state index in [9.17, 15) is 4.79 Å². The Bertz CT molecular complexity index is 1080. The van der Waals surface area contributed by atoms with Crippen LogP contribution in [0.4, 0.5) is 5.69 Å². The van der Waals surface area contributed by atoms with Crippen molar-refractivity contribution in [3.63, 3.8) is 0 Å². The number of amides is 1. The maximum absolute atomic E-state index is 12.5. The Labute approximate surface area is 165 Å². The molecule has 0 saturated carbocycles. The number of aryl methyl sites for hydroxylation is 1. The fourth-order valence-electron chi connectivity index (χ4n) is 3.43. The van der Waals surface area contributed by atoms with Gasteiger partial charge in [0.15, 0.2) is 11.5 Å². The van der Waals surface area contributed by atoms with Gasteiger partial charge in [-0.25, -0.2) is 0 Å². The molecule has 1 amide bonds. The average Bonchev–Trinajstić information content (AvgIpc) is 3.42. The van der Waals surface area contributed by atoms with Crippen molar-refractivity contribution >= 4 is 23.2 Å². The molecule has 0 bridgehead atoms. The topological polar surface area (TPSA) is 77.7 Å². The van der Waals surface area contributed by atoms with Gasteiger partial charge in [0.25, 0.3) is 0 Å². The van der Waals surface area contributed by atoms with Crippen molar-refractivity contribution in [2.24, 2.45) is 0 Å². The Hall–Kier alpha value is -3.06. The maximum Gasteiger partial charge on any atom is 0.232 e. The third-order valence-electron chi connectivity index (χ3n) is 5.01. The van der Waals surface area contributed by atoms with Gasteiger partial charge in [-0.2, -0.15) is 4.98 Å². The fourth-order valence-corrected chi connectivity index (χ4v) is 3.60. The van der Waals surface area contributed by atoms with E-state index in [2.05, 4.69) is 10.1 Å². The molecule has 5 rings (SSSR count). The normalized spacial score (nSPS) is 18.1. The largest absolute Gasteiger partial charge is 0.454 e. The molecule has 1 aromatic heterocycles. The van der Waals surface area contributed by atoms with Crippen LogP contribution >= 0.6 is 11.6 Å². The van der Waals surface area contributed by atoms with Crippen molar-refractivity contribution in [1.29, 1.82) is 0 Å². The number of carbonyl (C=O) groups excluding carboxylic acids is 1. The molecule has 1 fully saturated rings. The highest BCUT2D eigenvalue weighted by Gasteiger charge is 2.35. The van der Waals surface area contributed by atoms with Gasteiger partial charge in [-0.3, -0.25) is 4.79 Å². The van der Waals surface area contributed by atoms with E-state index in [4.69, 9.17) is 25.6 Å². The molecule has 2 aromatic carbocycles. The van der Waals surface area contributed by atoms with Crippen molar-refractivity contribution in [3.8, 4) is 22.9 Å². The summed E-state index contributed by atoms with van der Waals surface area (Å²) < 4.78 is 16.2. The van der Waals surface area contributed by atoms with Crippen LogP contribution in [0.25, 0.3) is 11.4 Å². The zero-order chi connectivity index (χ0) is 19.3. The molecule has 0 N–H and O–H groups in total. The zero-order valence-corrected chi connectivity index (χ0v) is 15.8. The number of ether oxygens (including phenoxy) is 2. The second-order valence-electron chi connectivity index (χ2n) is 6.86. The number of hydrogen-bond acceptors (Lipinski definition) is 6. The van der Waals surface area contributed by atoms with Gasteiger partial charge in [0.05, 0.1) is 5.92 Å². The molecule has 7 nitrogen and oxygen atoms in total. The highest BCUT2D eigenvalue weighted by Crippen LogP contribution is 2.37. The lowest BCUT2D eigenvalue weighted by Gasteiger charge is -2.17. The van der Waals surface area contributed by atoms with Crippen LogP contribution in [0.5, 0.6) is 11.5 Å². The molecule has 3 heterocycles. The number of carbonyl (C=O) groups is 1. The van der Waals surface area contributed by atoms with Crippen LogP contribution in [-0.4, -0.2) is 29.4 Å². The standard InChI is InChI=1S/C20H16ClN3O4/c1-11-2-4-14(8-15(11)21)24-9-13(7-18(24)25)20-22-19(23-28-20)12-3-5-16-17(6-12)27-10-26-16/h2-6,8,13H,7,9-10H2,1H3. The first-order valence-corrected chi connectivity index (χ1v) is 9.26. The quantitative estimate of drug-likeness (QED) is 0.666. The molecule has 0 aliphatic carbocycles. The van der Waals surface area contributed by atoms with Crippen LogP contribution in [0.15, 0.2) is 40.9 Å². The van der Waals surface area contributed by atoms with E-state index in [1.165, 1.54) is 0 Å². The lowest BCUT2D eigenvalue weighted by Crippen LogP contribution is -2.24. The molecule has 2 aliphatic rings. The molecular weight excluding hydrogens is 382 g/mol. The summed E-state index contributed by atoms with van der Waals surface area (Å²) in [5, 5.41) is 4.71. The lowest BCUT2D eigenvalue weighted by atomic mass is 10.1. The van der Waals surface area contributed by atoms with Gasteiger partial charge in [0.1, 0.15) is 0 Å². The van der Waals surface area contributed by atoms with Crippen molar-refractivity contribution in [3.05, 3.63) is 52.9 Å². The van der Waals surface area contributed by atoms with Crippen LogP contribution < -0.4 is 14.4 Å². The maximum atomic E-state index is 12.5. The summed E-state index contributed by atoms with van der Waals surface area (Å²) in [6.07, 6.45) is 0.314. The molecule has 3 aromatic rings. The molecule has 2 aliphatic heterocycles. The SMILES string of the molecule is Cc1ccc(N2CC(c3nc(-c4ccc5c(c4)OCO5)no3)CC2=O)cc1Cl. The molecule has 8 heteroatoms. The van der Waals surface area contributed by atoms with Crippen LogP contribution in [0, 0.1) is 6.92 Å². The molecule has 28 heavy (non-hydrogen) atoms. The fraction of sp³-hybridized carbons (Fsp3) is 0.250. The van der Waals surface area contributed by atoms with Crippen molar-refractivity contribution in [2.45, 2.75) is 19.3 Å². The molecule has 0 radical (unpaired) electrons. The number of rotatable bonds is 3. The van der Waals surface area contributed by atoms with Gasteiger partial charge < -0.3 is 18.9 Å². The smallest absolute Gasteiger partial charge is 0.232 e. The van der Waals surface area contributed by atoms with Gasteiger partial charge in [0.2, 0.25) is 24.4 Å². The van der Waals surface area contributed by atoms with Gasteiger partial charge in [0, 0.05) is 29.2 Å². The zero-order valence-electron chi connectivity index (χ0n) is 15.0. The molecular formula is C20H16ClN3O4. The first kappa shape index (κ1) is 17.1. The van der Waals surface area contributed by atoms with Gasteiger partial charge in [-0.15, -0.1) is 0 Å². The second kappa shape index (κ2) is 6.53. The summed E-state index contributed by atoms with van der Waals surface area (Å²) in [6.45, 7) is 2.61. The summed E-state index contributed by atoms with van der Waals surface area (Å²) in [4.78, 5) is 18.7.